The highest BCUT2D eigenvalue weighted by Gasteiger charge is 2.61. The number of nitrogens with one attached hydrogen (secondary N) is 9. The Morgan fingerprint density at radius 1 is 0.276 bits per heavy atom. The van der Waals surface area contributed by atoms with Crippen LogP contribution in [-0.4, -0.2) is 472 Å². The van der Waals surface area contributed by atoms with Gasteiger partial charge in [0.15, 0.2) is 11.2 Å². The quantitative estimate of drug-likeness (QED) is 0.0142. The van der Waals surface area contributed by atoms with Gasteiger partial charge in [-0.25, -0.2) is 4.79 Å². The van der Waals surface area contributed by atoms with Crippen molar-refractivity contribution in [1.29, 1.82) is 0 Å². The maximum atomic E-state index is 15.4. The first kappa shape index (κ1) is 120. The van der Waals surface area contributed by atoms with Crippen molar-refractivity contribution < 1.29 is 210 Å². The van der Waals surface area contributed by atoms with Crippen molar-refractivity contribution in [3.63, 3.8) is 0 Å². The number of hydrogen-bond acceptors (Lipinski definition) is 42. The highest BCUT2D eigenvalue weighted by atomic mass is 16.5. The fourth-order valence-corrected chi connectivity index (χ4v) is 13.6. The van der Waals surface area contributed by atoms with Crippen LogP contribution in [0.4, 0.5) is 4.79 Å². The number of hydrogen-bond donors (Lipinski definition) is 36. The average Bonchev–Trinajstić information content (AvgIpc) is 0.767. The van der Waals surface area contributed by atoms with Crippen LogP contribution in [0.25, 0.3) is 21.5 Å². The second-order valence-electron chi connectivity index (χ2n) is 34.0. The van der Waals surface area contributed by atoms with Crippen LogP contribution in [0.2, 0.25) is 0 Å². The number of aliphatic hydroxyl groups is 27. The number of carbonyl (C=O) groups excluding carboxylic acids is 11. The number of carbonyl (C=O) groups is 11. The summed E-state index contributed by atoms with van der Waals surface area (Å²) in [4.78, 5) is 166. The Kier molecular flexibility index (Phi) is 49.7. The molecule has 0 saturated carbocycles. The van der Waals surface area contributed by atoms with Crippen LogP contribution in [0.1, 0.15) is 69.8 Å². The Balaban J connectivity index is 2.65. The zero-order valence-corrected chi connectivity index (χ0v) is 74.2. The van der Waals surface area contributed by atoms with Crippen LogP contribution in [0.15, 0.2) is 54.6 Å². The van der Waals surface area contributed by atoms with Crippen molar-refractivity contribution >= 4 is 86.5 Å². The number of rotatable bonds is 72. The van der Waals surface area contributed by atoms with Crippen LogP contribution in [0, 0.1) is 27.1 Å². The van der Waals surface area contributed by atoms with Crippen LogP contribution in [0.3, 0.4) is 0 Å². The summed E-state index contributed by atoms with van der Waals surface area (Å²) in [7, 11) is 0. The molecule has 1 atom stereocenters. The van der Waals surface area contributed by atoms with E-state index >= 15 is 47.9 Å². The molecule has 0 radical (unpaired) electrons. The highest BCUT2D eigenvalue weighted by Crippen LogP contribution is 2.38. The summed E-state index contributed by atoms with van der Waals surface area (Å²) in [5.41, 5.74) is -36.1. The molecule has 0 heterocycles. The van der Waals surface area contributed by atoms with Crippen LogP contribution in [0.5, 0.6) is 0 Å². The molecule has 36 N–H and O–H groups in total. The molecule has 0 aromatic heterocycles. The van der Waals surface area contributed by atoms with Crippen molar-refractivity contribution in [2.24, 2.45) is 27.1 Å². The molecular formula is C83H135N9O42. The predicted molar refractivity (Wildman–Crippen MR) is 459 cm³/mol. The van der Waals surface area contributed by atoms with Gasteiger partial charge in [-0.2, -0.15) is 0 Å². The molecule has 0 saturated heterocycles. The zero-order valence-electron chi connectivity index (χ0n) is 74.2. The van der Waals surface area contributed by atoms with E-state index in [2.05, 4.69) is 5.32 Å². The van der Waals surface area contributed by atoms with E-state index in [4.69, 9.17) is 18.9 Å². The lowest BCUT2D eigenvalue weighted by Gasteiger charge is -2.40. The fraction of sp³-hybridized carbons (Fsp3) is 0.699. The first-order valence-corrected chi connectivity index (χ1v) is 42.4. The number of ether oxygens (including phenoxy) is 4. The van der Waals surface area contributed by atoms with E-state index in [1.807, 2.05) is 85.0 Å². The molecule has 51 nitrogen and oxygen atoms in total. The normalized spacial score (nSPS) is 13.4. The number of Topliss-reactive ketones (excluding diaryl/α,β-unsaturated/α-hetero) is 2. The Bertz CT molecular complexity index is 3690. The SMILES string of the molecule is O=C(CCCCCNC(=O)OCc1c2ccccc2cc2ccccc12)CC(COCCCC(C(=O)NC(CO)(CO)CO)(C(=O)NC(CO)(CO)CO)C(=O)NC(CO)(CO)CO)(COCCC(C(=O)CC(CO)(CO)CO)(C(=O)NC(CO)(CO)CO)C(=O)NC(CO)(CO)CO)COCCC(C(=O)NC(CO)(CO)CO)(C(=O)NC(CO)(CO)CO)C(=O)NC(CO)(CO)CO. The van der Waals surface area contributed by atoms with E-state index in [9.17, 15) is 143 Å². The molecule has 3 rings (SSSR count). The molecule has 3 aromatic carbocycles. The first-order valence-electron chi connectivity index (χ1n) is 42.4. The molecule has 0 aliphatic carbocycles. The summed E-state index contributed by atoms with van der Waals surface area (Å²) in [5, 5.41) is 306. The predicted octanol–water partition coefficient (Wildman–Crippen LogP) is -16.1. The molecule has 0 bridgehead atoms. The minimum absolute atomic E-state index is 0.0837. The largest absolute Gasteiger partial charge is 0.445 e. The summed E-state index contributed by atoms with van der Waals surface area (Å²) in [5.74, 6) is -18.3. The molecular weight excluding hydrogens is 1790 g/mol. The van der Waals surface area contributed by atoms with E-state index in [0.717, 1.165) is 21.5 Å². The van der Waals surface area contributed by atoms with Gasteiger partial charge >= 0.3 is 6.09 Å². The van der Waals surface area contributed by atoms with Crippen LogP contribution < -0.4 is 47.9 Å². The third kappa shape index (κ3) is 29.0. The Labute approximate surface area is 768 Å². The maximum absolute atomic E-state index is 15.4. The van der Waals surface area contributed by atoms with Gasteiger partial charge in [-0.15, -0.1) is 0 Å². The molecule has 0 aliphatic rings. The molecule has 0 fully saturated rings. The van der Waals surface area contributed by atoms with Crippen LogP contribution >= 0.6 is 0 Å². The number of alkyl carbamates (subject to hydrolysis) is 1. The molecule has 51 heteroatoms. The summed E-state index contributed by atoms with van der Waals surface area (Å²) < 4.78 is 24.4. The number of amides is 9. The molecule has 134 heavy (non-hydrogen) atoms. The lowest BCUT2D eigenvalue weighted by atomic mass is 9.71. The lowest BCUT2D eigenvalue weighted by Crippen LogP contribution is -2.71. The molecule has 3 aromatic rings. The number of ketones is 2. The van der Waals surface area contributed by atoms with Crippen molar-refractivity contribution in [2.75, 3.05) is 225 Å². The smallest absolute Gasteiger partial charge is 0.407 e. The van der Waals surface area contributed by atoms with Gasteiger partial charge in [0, 0.05) is 74.9 Å². The number of aliphatic hydroxyl groups excluding tert-OH is 27. The molecule has 1 unspecified atom stereocenters. The van der Waals surface area contributed by atoms with E-state index in [0.29, 0.717) is 5.56 Å². The van der Waals surface area contributed by atoms with Crippen molar-refractivity contribution in [1.82, 2.24) is 47.9 Å². The Morgan fingerprint density at radius 2 is 0.545 bits per heavy atom. The lowest BCUT2D eigenvalue weighted by molar-refractivity contribution is -0.162. The maximum Gasteiger partial charge on any atom is 0.407 e. The summed E-state index contributed by atoms with van der Waals surface area (Å²) in [6, 6.07) is 16.7. The van der Waals surface area contributed by atoms with Crippen molar-refractivity contribution in [3.05, 3.63) is 60.2 Å². The number of fused-ring (bicyclic) bond motifs is 2. The summed E-state index contributed by atoms with van der Waals surface area (Å²) in [6.07, 6.45) is -9.03. The monoisotopic (exact) mass is 1930 g/mol. The highest BCUT2D eigenvalue weighted by molar-refractivity contribution is 6.25. The summed E-state index contributed by atoms with van der Waals surface area (Å²) >= 11 is 0. The standard InChI is InChI=1S/C83H135N9O42/c93-25-71(26-94,27-95)23-61(121)81(62(122)85-73(28-96,29-97)30-98,63(123)86-74(31-99,32-100)33-101)15-19-132-53-72(22-57(120)11-2-1-7-17-84-70(130)134-24-60-58-12-5-3-9-55(58)21-56-10-4-6-13-59(56)60,54-133-20-16-83(67(127)90-78(43-111,44-112)45-113,68(128)91-79(46-114,47-115)48-116)69(129)92-80(49-117,50-118)51-119)52-131-18-8-14-82(64(124)87-75(34-102,35-103)36-104,65(125)88-76(37-105,38-106)39-107)66(126)89-77(40-108,41-109)42-110/h3-6,9-10,12-13,21,93-119H,1-2,7-8,11,14-20,22-54H2,(H,84,130)(H,85,122)(H,86,123)(H,87,124)(H,88,125)(H,89,126)(H,90,127)(H,91,128)(H,92,129). The topological polar surface area (TPSA) is 879 Å². The first-order chi connectivity index (χ1) is 63.7. The minimum Gasteiger partial charge on any atom is -0.445 e. The van der Waals surface area contributed by atoms with E-state index < -0.39 is 399 Å². The third-order valence-corrected chi connectivity index (χ3v) is 23.9. The fourth-order valence-electron chi connectivity index (χ4n) is 13.6. The molecule has 0 spiro atoms. The van der Waals surface area contributed by atoms with Gasteiger partial charge < -0.3 is 205 Å². The number of benzene rings is 3. The van der Waals surface area contributed by atoms with E-state index in [1.165, 1.54) is 0 Å². The molecule has 764 valence electrons. The number of unbranched alkanes of at least 4 members (excludes halogenated alkanes) is 2. The van der Waals surface area contributed by atoms with Gasteiger partial charge in [0.1, 0.15) is 56.7 Å². The Hall–Kier alpha value is -8.65. The molecule has 9 amide bonds. The minimum atomic E-state index is -3.74. The van der Waals surface area contributed by atoms with Gasteiger partial charge in [0.2, 0.25) is 58.1 Å². The van der Waals surface area contributed by atoms with Gasteiger partial charge in [0.05, 0.1) is 198 Å². The average molecular weight is 1930 g/mol. The second-order valence-corrected chi connectivity index (χ2v) is 34.0. The molecule has 0 aliphatic heterocycles. The second kappa shape index (κ2) is 55.7. The van der Waals surface area contributed by atoms with Crippen LogP contribution in [-0.2, 0) is 73.5 Å². The zero-order chi connectivity index (χ0) is 101. The van der Waals surface area contributed by atoms with Gasteiger partial charge in [0.25, 0.3) is 0 Å². The van der Waals surface area contributed by atoms with E-state index in [1.54, 1.807) is 12.1 Å². The third-order valence-electron chi connectivity index (χ3n) is 23.9. The van der Waals surface area contributed by atoms with Gasteiger partial charge in [-0.1, -0.05) is 55.0 Å². The van der Waals surface area contributed by atoms with Crippen molar-refractivity contribution in [3.8, 4) is 0 Å². The van der Waals surface area contributed by atoms with Gasteiger partial charge in [-0.05, 0) is 53.3 Å². The van der Waals surface area contributed by atoms with E-state index in [-0.39, 0.29) is 32.4 Å². The van der Waals surface area contributed by atoms with Gasteiger partial charge in [-0.3, -0.25) is 47.9 Å². The Morgan fingerprint density at radius 3 is 0.836 bits per heavy atom. The van der Waals surface area contributed by atoms with Crippen molar-refractivity contribution in [2.45, 2.75) is 115 Å². The summed E-state index contributed by atoms with van der Waals surface area (Å²) in [6.45, 7) is -45.4.